The fraction of sp³-hybridized carbons (Fsp3) is 0.200. The van der Waals surface area contributed by atoms with Crippen molar-refractivity contribution in [3.8, 4) is 11.3 Å². The number of aliphatic hydroxyl groups excluding tert-OH is 1. The maximum absolute atomic E-state index is 8.99. The minimum atomic E-state index is 0. The van der Waals surface area contributed by atoms with Crippen LogP contribution >= 0.6 is 15.9 Å². The van der Waals surface area contributed by atoms with E-state index in [0.717, 1.165) is 32.5 Å². The van der Waals surface area contributed by atoms with Gasteiger partial charge in [0.15, 0.2) is 0 Å². The molecule has 0 aliphatic rings. The first-order chi connectivity index (χ1) is 12.0. The van der Waals surface area contributed by atoms with Crippen LogP contribution < -0.4 is 11.1 Å². The fourth-order valence-corrected chi connectivity index (χ4v) is 2.93. The molecule has 3 rings (SSSR count). The molecule has 136 valence electrons. The number of hydrogen-bond donors (Lipinski definition) is 3. The summed E-state index contributed by atoms with van der Waals surface area (Å²) in [6, 6.07) is 15.8. The van der Waals surface area contributed by atoms with Crippen molar-refractivity contribution >= 4 is 33.4 Å². The lowest BCUT2D eigenvalue weighted by Crippen LogP contribution is -2.02. The molecule has 0 radical (unpaired) electrons. The van der Waals surface area contributed by atoms with Gasteiger partial charge in [-0.15, -0.1) is 0 Å². The Hall–Kier alpha value is -2.44. The lowest BCUT2D eigenvalue weighted by Gasteiger charge is -2.11. The Labute approximate surface area is 162 Å². The van der Waals surface area contributed by atoms with Crippen molar-refractivity contribution in [2.75, 3.05) is 17.7 Å². The molecule has 0 unspecified atom stereocenters. The van der Waals surface area contributed by atoms with Gasteiger partial charge >= 0.3 is 0 Å². The summed E-state index contributed by atoms with van der Waals surface area (Å²) in [5.74, 6) is 0.855. The summed E-state index contributed by atoms with van der Waals surface area (Å²) in [7, 11) is 0. The molecule has 0 saturated heterocycles. The van der Waals surface area contributed by atoms with Crippen molar-refractivity contribution in [1.82, 2.24) is 9.97 Å². The number of benzene rings is 2. The number of aliphatic hydroxyl groups is 1. The number of nitrogen functional groups attached to an aromatic ring is 1. The highest BCUT2D eigenvalue weighted by atomic mass is 79.9. The zero-order valence-corrected chi connectivity index (χ0v) is 15.4. The molecule has 0 fully saturated rings. The molecule has 26 heavy (non-hydrogen) atoms. The van der Waals surface area contributed by atoms with Crippen molar-refractivity contribution in [2.45, 2.75) is 20.8 Å². The van der Waals surface area contributed by atoms with E-state index in [-0.39, 0.29) is 20.0 Å². The highest BCUT2D eigenvalue weighted by Gasteiger charge is 2.09. The Bertz CT molecular complexity index is 881. The Morgan fingerprint density at radius 2 is 1.81 bits per heavy atom. The molecule has 1 heterocycles. The van der Waals surface area contributed by atoms with Crippen LogP contribution in [0.4, 0.5) is 17.5 Å². The summed E-state index contributed by atoms with van der Waals surface area (Å²) in [6.07, 6.45) is 0.646. The van der Waals surface area contributed by atoms with Gasteiger partial charge in [-0.25, -0.2) is 4.98 Å². The SMILES string of the molecule is C.Cc1ccc(Br)cc1-c1cc(Nc2ccc(CCO)cc2)nc(N)n1. The van der Waals surface area contributed by atoms with Crippen LogP contribution in [0.3, 0.4) is 0 Å². The first kappa shape index (κ1) is 19.9. The van der Waals surface area contributed by atoms with Crippen LogP contribution in [0.1, 0.15) is 18.6 Å². The molecule has 0 saturated carbocycles. The lowest BCUT2D eigenvalue weighted by atomic mass is 10.1. The maximum atomic E-state index is 8.99. The van der Waals surface area contributed by atoms with Crippen LogP contribution in [0.25, 0.3) is 11.3 Å². The average molecular weight is 415 g/mol. The van der Waals surface area contributed by atoms with E-state index in [4.69, 9.17) is 10.8 Å². The Kier molecular flexibility index (Phi) is 6.71. The van der Waals surface area contributed by atoms with E-state index < -0.39 is 0 Å². The summed E-state index contributed by atoms with van der Waals surface area (Å²) < 4.78 is 0.985. The number of nitrogens with two attached hydrogens (primary N) is 1. The number of aryl methyl sites for hydroxylation is 1. The molecular weight excluding hydrogens is 392 g/mol. The van der Waals surface area contributed by atoms with E-state index in [0.29, 0.717) is 12.2 Å². The van der Waals surface area contributed by atoms with Crippen LogP contribution in [-0.4, -0.2) is 21.7 Å². The maximum Gasteiger partial charge on any atom is 0.222 e. The highest BCUT2D eigenvalue weighted by molar-refractivity contribution is 9.10. The first-order valence-corrected chi connectivity index (χ1v) is 8.72. The summed E-state index contributed by atoms with van der Waals surface area (Å²) in [5, 5.41) is 12.2. The number of nitrogens with one attached hydrogen (secondary N) is 1. The molecule has 3 aromatic rings. The third-order valence-corrected chi connectivity index (χ3v) is 4.34. The molecule has 0 bridgehead atoms. The van der Waals surface area contributed by atoms with Crippen molar-refractivity contribution in [3.05, 3.63) is 64.1 Å². The lowest BCUT2D eigenvalue weighted by molar-refractivity contribution is 0.299. The molecule has 1 aromatic heterocycles. The molecule has 6 heteroatoms. The van der Waals surface area contributed by atoms with E-state index in [1.807, 2.05) is 55.5 Å². The molecule has 2 aromatic carbocycles. The van der Waals surface area contributed by atoms with Crippen LogP contribution in [0, 0.1) is 6.92 Å². The summed E-state index contributed by atoms with van der Waals surface area (Å²) in [5.41, 5.74) is 10.8. The number of anilines is 3. The Morgan fingerprint density at radius 3 is 2.50 bits per heavy atom. The molecule has 0 aliphatic carbocycles. The quantitative estimate of drug-likeness (QED) is 0.562. The summed E-state index contributed by atoms with van der Waals surface area (Å²) in [6.45, 7) is 2.18. The molecule has 0 aliphatic heterocycles. The molecule has 0 spiro atoms. The zero-order valence-electron chi connectivity index (χ0n) is 13.8. The fourth-order valence-electron chi connectivity index (χ4n) is 2.57. The normalized spacial score (nSPS) is 10.3. The van der Waals surface area contributed by atoms with Gasteiger partial charge < -0.3 is 16.2 Å². The second-order valence-electron chi connectivity index (χ2n) is 5.75. The van der Waals surface area contributed by atoms with E-state index >= 15 is 0 Å². The van der Waals surface area contributed by atoms with Gasteiger partial charge in [0.2, 0.25) is 5.95 Å². The van der Waals surface area contributed by atoms with Crippen molar-refractivity contribution in [3.63, 3.8) is 0 Å². The predicted molar refractivity (Wildman–Crippen MR) is 112 cm³/mol. The molecule has 4 N–H and O–H groups in total. The van der Waals surface area contributed by atoms with Crippen molar-refractivity contribution in [2.24, 2.45) is 0 Å². The third kappa shape index (κ3) is 4.80. The second kappa shape index (κ2) is 8.78. The minimum absolute atomic E-state index is 0. The standard InChI is InChI=1S/C19H19BrN4O.CH4/c1-12-2-5-14(20)10-16(12)17-11-18(24-19(21)23-17)22-15-6-3-13(4-7-15)8-9-25;/h2-7,10-11,25H,8-9H2,1H3,(H3,21,22,23,24);1H4. The second-order valence-corrected chi connectivity index (χ2v) is 6.67. The van der Waals surface area contributed by atoms with Gasteiger partial charge in [-0.05, 0) is 48.7 Å². The number of hydrogen-bond acceptors (Lipinski definition) is 5. The Morgan fingerprint density at radius 1 is 1.08 bits per heavy atom. The summed E-state index contributed by atoms with van der Waals surface area (Å²) in [4.78, 5) is 8.63. The van der Waals surface area contributed by atoms with E-state index in [1.54, 1.807) is 0 Å². The van der Waals surface area contributed by atoms with Gasteiger partial charge in [0.05, 0.1) is 5.69 Å². The highest BCUT2D eigenvalue weighted by Crippen LogP contribution is 2.28. The number of halogens is 1. The predicted octanol–water partition coefficient (Wildman–Crippen LogP) is 4.71. The zero-order chi connectivity index (χ0) is 17.8. The smallest absolute Gasteiger partial charge is 0.222 e. The number of aromatic nitrogens is 2. The van der Waals surface area contributed by atoms with Crippen molar-refractivity contribution in [1.29, 1.82) is 0 Å². The monoisotopic (exact) mass is 414 g/mol. The number of rotatable bonds is 5. The van der Waals surface area contributed by atoms with Crippen LogP contribution in [-0.2, 0) is 6.42 Å². The van der Waals surface area contributed by atoms with E-state index in [2.05, 4.69) is 31.2 Å². The third-order valence-electron chi connectivity index (χ3n) is 3.85. The van der Waals surface area contributed by atoms with Gasteiger partial charge in [-0.2, -0.15) is 4.98 Å². The largest absolute Gasteiger partial charge is 0.396 e. The molecule has 0 amide bonds. The summed E-state index contributed by atoms with van der Waals surface area (Å²) >= 11 is 3.50. The number of nitrogens with zero attached hydrogens (tertiary/aromatic N) is 2. The van der Waals surface area contributed by atoms with E-state index in [1.165, 1.54) is 0 Å². The van der Waals surface area contributed by atoms with E-state index in [9.17, 15) is 0 Å². The molecule has 0 atom stereocenters. The van der Waals surface area contributed by atoms with Crippen LogP contribution in [0.15, 0.2) is 53.0 Å². The molecular formula is C20H23BrN4O. The molecule has 5 nitrogen and oxygen atoms in total. The van der Waals surface area contributed by atoms with Gasteiger partial charge in [-0.3, -0.25) is 0 Å². The topological polar surface area (TPSA) is 84.1 Å². The van der Waals surface area contributed by atoms with Gasteiger partial charge in [-0.1, -0.05) is 41.6 Å². The minimum Gasteiger partial charge on any atom is -0.396 e. The first-order valence-electron chi connectivity index (χ1n) is 7.93. The van der Waals surface area contributed by atoms with Gasteiger partial charge in [0.25, 0.3) is 0 Å². The van der Waals surface area contributed by atoms with Gasteiger partial charge in [0.1, 0.15) is 5.82 Å². The average Bonchev–Trinajstić information content (AvgIpc) is 2.58. The van der Waals surface area contributed by atoms with Crippen LogP contribution in [0.2, 0.25) is 0 Å². The van der Waals surface area contributed by atoms with Crippen molar-refractivity contribution < 1.29 is 5.11 Å². The Balaban J connectivity index is 0.00000243. The van der Waals surface area contributed by atoms with Gasteiger partial charge in [0, 0.05) is 28.4 Å². The van der Waals surface area contributed by atoms with Crippen LogP contribution in [0.5, 0.6) is 0 Å².